The highest BCUT2D eigenvalue weighted by molar-refractivity contribution is 7.17. The third-order valence-corrected chi connectivity index (χ3v) is 7.07. The fourth-order valence-electron chi connectivity index (χ4n) is 4.27. The Bertz CT molecular complexity index is 1350. The molecule has 7 nitrogen and oxygen atoms in total. The number of pyridine rings is 2. The molecule has 1 aliphatic heterocycles. The van der Waals surface area contributed by atoms with Crippen molar-refractivity contribution < 1.29 is 9.59 Å². The highest BCUT2D eigenvalue weighted by atomic mass is 32.1. The quantitative estimate of drug-likeness (QED) is 0.413. The summed E-state index contributed by atoms with van der Waals surface area (Å²) in [7, 11) is 0. The second kappa shape index (κ2) is 9.61. The zero-order valence-electron chi connectivity index (χ0n) is 18.7. The molecular formula is C26H25N5O2S. The summed E-state index contributed by atoms with van der Waals surface area (Å²) < 4.78 is 1.22. The molecule has 1 saturated heterocycles. The molecule has 8 heteroatoms. The van der Waals surface area contributed by atoms with Gasteiger partial charge in [0.05, 0.1) is 23.1 Å². The average molecular weight is 472 g/mol. The van der Waals surface area contributed by atoms with E-state index in [2.05, 4.69) is 38.9 Å². The summed E-state index contributed by atoms with van der Waals surface area (Å²) in [4.78, 5) is 34.9. The van der Waals surface area contributed by atoms with Gasteiger partial charge in [-0.1, -0.05) is 18.2 Å². The number of primary amides is 1. The van der Waals surface area contributed by atoms with E-state index in [1.165, 1.54) is 16.3 Å². The van der Waals surface area contributed by atoms with Crippen molar-refractivity contribution >= 4 is 44.6 Å². The molecule has 0 aliphatic carbocycles. The molecule has 3 N–H and O–H groups in total. The van der Waals surface area contributed by atoms with Gasteiger partial charge in [-0.3, -0.25) is 19.6 Å². The van der Waals surface area contributed by atoms with Crippen LogP contribution in [0.5, 0.6) is 0 Å². The molecule has 34 heavy (non-hydrogen) atoms. The first-order valence-electron chi connectivity index (χ1n) is 11.3. The Kier molecular flexibility index (Phi) is 6.22. The normalized spacial score (nSPS) is 13.9. The van der Waals surface area contributed by atoms with Gasteiger partial charge >= 0.3 is 0 Å². The van der Waals surface area contributed by atoms with Gasteiger partial charge in [-0.2, -0.15) is 0 Å². The summed E-state index contributed by atoms with van der Waals surface area (Å²) in [6.45, 7) is 1.31. The number of rotatable bonds is 7. The Morgan fingerprint density at radius 1 is 1.09 bits per heavy atom. The van der Waals surface area contributed by atoms with Crippen LogP contribution in [0.25, 0.3) is 10.1 Å². The van der Waals surface area contributed by atoms with Gasteiger partial charge in [0.15, 0.2) is 0 Å². The molecular weight excluding hydrogens is 446 g/mol. The third-order valence-electron chi connectivity index (χ3n) is 6.06. The molecule has 0 bridgehead atoms. The van der Waals surface area contributed by atoms with E-state index in [0.29, 0.717) is 30.6 Å². The molecule has 0 radical (unpaired) electrons. The second-order valence-corrected chi connectivity index (χ2v) is 9.30. The highest BCUT2D eigenvalue weighted by Gasteiger charge is 2.20. The standard InChI is InChI=1S/C26H25N5O2S/c27-26(33)22-16-29-20(12-19-7-8-21(15-28-19)31-10-2-1-6-24(31)32)13-23(22)30-14-18-5-3-4-17-9-11-34-25(17)18/h3-5,7-9,11,13,15-16H,1-2,6,10,12,14H2,(H2,27,33)(H,29,30). The number of benzene rings is 1. The zero-order valence-corrected chi connectivity index (χ0v) is 19.5. The molecule has 4 aromatic rings. The van der Waals surface area contributed by atoms with Crippen molar-refractivity contribution in [1.82, 2.24) is 9.97 Å². The minimum absolute atomic E-state index is 0.151. The summed E-state index contributed by atoms with van der Waals surface area (Å²) in [5.41, 5.74) is 10.2. The Labute approximate surface area is 201 Å². The van der Waals surface area contributed by atoms with Gasteiger partial charge in [-0.25, -0.2) is 0 Å². The Balaban J connectivity index is 1.33. The molecule has 1 fully saturated rings. The van der Waals surface area contributed by atoms with Crippen molar-refractivity contribution in [2.45, 2.75) is 32.2 Å². The second-order valence-electron chi connectivity index (χ2n) is 8.38. The summed E-state index contributed by atoms with van der Waals surface area (Å²) in [6, 6.07) is 14.0. The number of carbonyl (C=O) groups excluding carboxylic acids is 2. The van der Waals surface area contributed by atoms with E-state index in [4.69, 9.17) is 5.73 Å². The average Bonchev–Trinajstić information content (AvgIpc) is 3.33. The fourth-order valence-corrected chi connectivity index (χ4v) is 5.18. The van der Waals surface area contributed by atoms with Crippen molar-refractivity contribution in [2.24, 2.45) is 5.73 Å². The highest BCUT2D eigenvalue weighted by Crippen LogP contribution is 2.26. The van der Waals surface area contributed by atoms with Gasteiger partial charge < -0.3 is 16.0 Å². The van der Waals surface area contributed by atoms with E-state index in [9.17, 15) is 9.59 Å². The largest absolute Gasteiger partial charge is 0.380 e. The molecule has 5 rings (SSSR count). The SMILES string of the molecule is NC(=O)c1cnc(Cc2ccc(N3CCCCC3=O)cn2)cc1NCc1cccc2ccsc12. The monoisotopic (exact) mass is 471 g/mol. The lowest BCUT2D eigenvalue weighted by molar-refractivity contribution is -0.119. The van der Waals surface area contributed by atoms with Crippen LogP contribution in [0.3, 0.4) is 0 Å². The lowest BCUT2D eigenvalue weighted by Gasteiger charge is -2.26. The zero-order chi connectivity index (χ0) is 23.5. The van der Waals surface area contributed by atoms with Gasteiger partial charge in [0.2, 0.25) is 5.91 Å². The predicted molar refractivity (Wildman–Crippen MR) is 135 cm³/mol. The van der Waals surface area contributed by atoms with Crippen molar-refractivity contribution in [3.05, 3.63) is 82.8 Å². The molecule has 0 saturated carbocycles. The molecule has 1 aromatic carbocycles. The van der Waals surface area contributed by atoms with Gasteiger partial charge in [0, 0.05) is 48.2 Å². The van der Waals surface area contributed by atoms with Crippen LogP contribution in [0.15, 0.2) is 60.2 Å². The van der Waals surface area contributed by atoms with Crippen LogP contribution in [0.2, 0.25) is 0 Å². The van der Waals surface area contributed by atoms with E-state index >= 15 is 0 Å². The minimum Gasteiger partial charge on any atom is -0.380 e. The van der Waals surface area contributed by atoms with Gasteiger partial charge in [0.25, 0.3) is 5.91 Å². The summed E-state index contributed by atoms with van der Waals surface area (Å²) in [5, 5.41) is 6.66. The lowest BCUT2D eigenvalue weighted by Crippen LogP contribution is -2.35. The number of nitrogens with one attached hydrogen (secondary N) is 1. The molecule has 4 heterocycles. The maximum absolute atomic E-state index is 12.2. The summed E-state index contributed by atoms with van der Waals surface area (Å²) in [6.07, 6.45) is 6.33. The summed E-state index contributed by atoms with van der Waals surface area (Å²) in [5.74, 6) is -0.372. The smallest absolute Gasteiger partial charge is 0.252 e. The minimum atomic E-state index is -0.524. The first-order valence-corrected chi connectivity index (χ1v) is 12.2. The van der Waals surface area contributed by atoms with Crippen molar-refractivity contribution in [3.63, 3.8) is 0 Å². The number of fused-ring (bicyclic) bond motifs is 1. The van der Waals surface area contributed by atoms with Crippen LogP contribution in [-0.4, -0.2) is 28.3 Å². The van der Waals surface area contributed by atoms with E-state index in [0.717, 1.165) is 42.0 Å². The number of nitrogens with two attached hydrogens (primary N) is 1. The van der Waals surface area contributed by atoms with Gasteiger partial charge in [-0.05, 0) is 53.4 Å². The van der Waals surface area contributed by atoms with E-state index in [-0.39, 0.29) is 5.91 Å². The molecule has 172 valence electrons. The number of amides is 2. The van der Waals surface area contributed by atoms with Gasteiger partial charge in [0.1, 0.15) is 0 Å². The number of piperidine rings is 1. The Morgan fingerprint density at radius 2 is 1.97 bits per heavy atom. The van der Waals surface area contributed by atoms with E-state index < -0.39 is 5.91 Å². The fraction of sp³-hybridized carbons (Fsp3) is 0.231. The van der Waals surface area contributed by atoms with E-state index in [1.807, 2.05) is 24.3 Å². The third kappa shape index (κ3) is 4.63. The van der Waals surface area contributed by atoms with Crippen LogP contribution in [0, 0.1) is 0 Å². The molecule has 0 spiro atoms. The number of aromatic nitrogens is 2. The maximum Gasteiger partial charge on any atom is 0.252 e. The van der Waals surface area contributed by atoms with Crippen molar-refractivity contribution in [3.8, 4) is 0 Å². The van der Waals surface area contributed by atoms with Crippen LogP contribution < -0.4 is 16.0 Å². The van der Waals surface area contributed by atoms with Crippen molar-refractivity contribution in [2.75, 3.05) is 16.8 Å². The Hall–Kier alpha value is -3.78. The number of carbonyl (C=O) groups is 2. The first-order chi connectivity index (χ1) is 16.6. The number of hydrogen-bond donors (Lipinski definition) is 2. The Morgan fingerprint density at radius 3 is 2.76 bits per heavy atom. The molecule has 0 atom stereocenters. The maximum atomic E-state index is 12.2. The summed E-state index contributed by atoms with van der Waals surface area (Å²) >= 11 is 1.70. The number of nitrogens with zero attached hydrogens (tertiary/aromatic N) is 3. The molecule has 3 aromatic heterocycles. The first kappa shape index (κ1) is 22.0. The lowest BCUT2D eigenvalue weighted by atomic mass is 10.1. The predicted octanol–water partition coefficient (Wildman–Crippen LogP) is 4.51. The van der Waals surface area contributed by atoms with Crippen LogP contribution >= 0.6 is 11.3 Å². The van der Waals surface area contributed by atoms with Crippen LogP contribution in [0.4, 0.5) is 11.4 Å². The van der Waals surface area contributed by atoms with Crippen LogP contribution in [0.1, 0.15) is 46.6 Å². The topological polar surface area (TPSA) is 101 Å². The number of anilines is 2. The van der Waals surface area contributed by atoms with Crippen molar-refractivity contribution in [1.29, 1.82) is 0 Å². The number of thiophene rings is 1. The van der Waals surface area contributed by atoms with E-state index in [1.54, 1.807) is 22.4 Å². The van der Waals surface area contributed by atoms with Gasteiger partial charge in [-0.15, -0.1) is 11.3 Å². The molecule has 0 unspecified atom stereocenters. The molecule has 2 amide bonds. The number of hydrogen-bond acceptors (Lipinski definition) is 6. The molecule has 1 aliphatic rings. The van der Waals surface area contributed by atoms with Crippen LogP contribution in [-0.2, 0) is 17.8 Å².